The minimum absolute atomic E-state index is 0.0860. The lowest BCUT2D eigenvalue weighted by Crippen LogP contribution is -2.38. The Kier molecular flexibility index (Phi) is 5.49. The van der Waals surface area contributed by atoms with Crippen LogP contribution in [0.25, 0.3) is 0 Å². The number of ether oxygens (including phenoxy) is 1. The van der Waals surface area contributed by atoms with Crippen LogP contribution in [0.5, 0.6) is 0 Å². The number of carbonyl (C=O) groups is 1. The van der Waals surface area contributed by atoms with E-state index in [0.29, 0.717) is 31.1 Å². The first-order chi connectivity index (χ1) is 12.5. The average molecular weight is 415 g/mol. The second-order valence-electron chi connectivity index (χ2n) is 8.31. The average Bonchev–Trinajstić information content (AvgIpc) is 3.00. The highest BCUT2D eigenvalue weighted by Crippen LogP contribution is 2.39. The van der Waals surface area contributed by atoms with E-state index in [4.69, 9.17) is 16.3 Å². The number of halogens is 1. The molecule has 0 unspecified atom stereocenters. The molecule has 150 valence electrons. The summed E-state index contributed by atoms with van der Waals surface area (Å²) in [6, 6.07) is 3.67. The van der Waals surface area contributed by atoms with Crippen molar-refractivity contribution in [1.29, 1.82) is 0 Å². The highest BCUT2D eigenvalue weighted by molar-refractivity contribution is 7.88. The highest BCUT2D eigenvalue weighted by atomic mass is 35.5. The lowest BCUT2D eigenvalue weighted by Gasteiger charge is -2.33. The first-order valence-electron chi connectivity index (χ1n) is 9.21. The second-order valence-corrected chi connectivity index (χ2v) is 10.7. The van der Waals surface area contributed by atoms with Gasteiger partial charge >= 0.3 is 6.09 Å². The molecular weight excluding hydrogens is 388 g/mol. The van der Waals surface area contributed by atoms with Gasteiger partial charge in [-0.3, -0.25) is 0 Å². The summed E-state index contributed by atoms with van der Waals surface area (Å²) in [4.78, 5) is 14.4. The Labute approximate surface area is 166 Å². The Morgan fingerprint density at radius 2 is 1.96 bits per heavy atom. The zero-order valence-corrected chi connectivity index (χ0v) is 17.9. The number of carbonyl (C=O) groups excluding carboxylic acids is 1. The standard InChI is InChI=1S/C19H27ClN2O4S/c1-19(2,3)26-18(23)22-8-5-6-17(22)16-11-14(20)10-13-12-21(27(4,24)25)9-7-15(13)16/h10-11,17H,5-9,12H2,1-4H3/t17-/m0/s1. The van der Waals surface area contributed by atoms with Crippen molar-refractivity contribution in [3.8, 4) is 0 Å². The summed E-state index contributed by atoms with van der Waals surface area (Å²) < 4.78 is 30.9. The molecule has 8 heteroatoms. The largest absolute Gasteiger partial charge is 0.444 e. The summed E-state index contributed by atoms with van der Waals surface area (Å²) in [5, 5.41) is 0.565. The lowest BCUT2D eigenvalue weighted by molar-refractivity contribution is 0.0223. The molecule has 0 radical (unpaired) electrons. The summed E-state index contributed by atoms with van der Waals surface area (Å²) >= 11 is 6.35. The number of nitrogens with zero attached hydrogens (tertiary/aromatic N) is 2. The van der Waals surface area contributed by atoms with Crippen molar-refractivity contribution in [2.75, 3.05) is 19.3 Å². The molecule has 0 bridgehead atoms. The molecule has 3 rings (SSSR count). The Morgan fingerprint density at radius 3 is 2.59 bits per heavy atom. The van der Waals surface area contributed by atoms with Crippen molar-refractivity contribution in [3.63, 3.8) is 0 Å². The summed E-state index contributed by atoms with van der Waals surface area (Å²) in [6.45, 7) is 6.99. The maximum atomic E-state index is 12.7. The molecule has 1 fully saturated rings. The smallest absolute Gasteiger partial charge is 0.410 e. The Morgan fingerprint density at radius 1 is 1.26 bits per heavy atom. The fourth-order valence-corrected chi connectivity index (χ4v) is 4.92. The van der Waals surface area contributed by atoms with Gasteiger partial charge in [-0.05, 0) is 68.9 Å². The molecule has 1 amide bonds. The quantitative estimate of drug-likeness (QED) is 0.739. The molecule has 1 atom stereocenters. The maximum Gasteiger partial charge on any atom is 0.410 e. The number of hydrogen-bond acceptors (Lipinski definition) is 4. The van der Waals surface area contributed by atoms with Crippen molar-refractivity contribution in [2.45, 2.75) is 58.2 Å². The van der Waals surface area contributed by atoms with Gasteiger partial charge in [0, 0.05) is 24.7 Å². The van der Waals surface area contributed by atoms with Gasteiger partial charge in [0.2, 0.25) is 10.0 Å². The molecule has 2 heterocycles. The van der Waals surface area contributed by atoms with Crippen LogP contribution >= 0.6 is 11.6 Å². The Balaban J connectivity index is 1.93. The normalized spacial score (nSPS) is 21.2. The molecule has 6 nitrogen and oxygen atoms in total. The first kappa shape index (κ1) is 20.4. The third kappa shape index (κ3) is 4.58. The van der Waals surface area contributed by atoms with Gasteiger partial charge in [0.25, 0.3) is 0 Å². The third-order valence-electron chi connectivity index (χ3n) is 5.01. The van der Waals surface area contributed by atoms with Crippen LogP contribution in [0.1, 0.15) is 56.3 Å². The summed E-state index contributed by atoms with van der Waals surface area (Å²) in [5.74, 6) is 0. The Bertz CT molecular complexity index is 848. The number of amides is 1. The van der Waals surface area contributed by atoms with Gasteiger partial charge in [-0.15, -0.1) is 0 Å². The molecule has 2 aliphatic rings. The van der Waals surface area contributed by atoms with E-state index in [1.807, 2.05) is 32.9 Å². The number of sulfonamides is 1. The Hall–Kier alpha value is -1.31. The predicted octanol–water partition coefficient (Wildman–Crippen LogP) is 3.73. The molecule has 0 N–H and O–H groups in total. The van der Waals surface area contributed by atoms with Crippen molar-refractivity contribution < 1.29 is 17.9 Å². The minimum Gasteiger partial charge on any atom is -0.444 e. The van der Waals surface area contributed by atoms with Crippen LogP contribution in [0.15, 0.2) is 12.1 Å². The number of likely N-dealkylation sites (tertiary alicyclic amines) is 1. The fraction of sp³-hybridized carbons (Fsp3) is 0.632. The molecule has 1 aromatic rings. The van der Waals surface area contributed by atoms with Crippen LogP contribution in [0.4, 0.5) is 4.79 Å². The van der Waals surface area contributed by atoms with E-state index < -0.39 is 15.6 Å². The van der Waals surface area contributed by atoms with Crippen LogP contribution in [-0.2, 0) is 27.7 Å². The highest BCUT2D eigenvalue weighted by Gasteiger charge is 2.36. The molecule has 1 aromatic carbocycles. The van der Waals surface area contributed by atoms with E-state index in [2.05, 4.69) is 0 Å². The number of benzene rings is 1. The summed E-state index contributed by atoms with van der Waals surface area (Å²) in [6.07, 6.45) is 3.29. The van der Waals surface area contributed by atoms with E-state index in [-0.39, 0.29) is 12.1 Å². The van der Waals surface area contributed by atoms with Crippen molar-refractivity contribution in [3.05, 3.63) is 33.8 Å². The molecular formula is C19H27ClN2O4S. The van der Waals surface area contributed by atoms with E-state index in [9.17, 15) is 13.2 Å². The number of hydrogen-bond donors (Lipinski definition) is 0. The van der Waals surface area contributed by atoms with Crippen LogP contribution in [-0.4, -0.2) is 48.7 Å². The zero-order chi connectivity index (χ0) is 20.0. The van der Waals surface area contributed by atoms with Gasteiger partial charge < -0.3 is 9.64 Å². The predicted molar refractivity (Wildman–Crippen MR) is 105 cm³/mol. The van der Waals surface area contributed by atoms with E-state index in [1.165, 1.54) is 10.6 Å². The summed E-state index contributed by atoms with van der Waals surface area (Å²) in [7, 11) is -3.25. The number of rotatable bonds is 2. The maximum absolute atomic E-state index is 12.7. The lowest BCUT2D eigenvalue weighted by atomic mass is 9.90. The summed E-state index contributed by atoms with van der Waals surface area (Å²) in [5.41, 5.74) is 2.51. The van der Waals surface area contributed by atoms with Gasteiger partial charge in [-0.25, -0.2) is 13.2 Å². The van der Waals surface area contributed by atoms with E-state index in [1.54, 1.807) is 4.90 Å². The molecule has 2 aliphatic heterocycles. The SMILES string of the molecule is CC(C)(C)OC(=O)N1CCC[C@H]1c1cc(Cl)cc2c1CCN(S(C)(=O)=O)C2. The van der Waals surface area contributed by atoms with Crippen LogP contribution in [0, 0.1) is 0 Å². The van der Waals surface area contributed by atoms with Gasteiger partial charge in [0.05, 0.1) is 12.3 Å². The molecule has 0 spiro atoms. The van der Waals surface area contributed by atoms with Crippen LogP contribution < -0.4 is 0 Å². The van der Waals surface area contributed by atoms with E-state index in [0.717, 1.165) is 29.5 Å². The third-order valence-corrected chi connectivity index (χ3v) is 6.48. The van der Waals surface area contributed by atoms with Crippen molar-refractivity contribution in [1.82, 2.24) is 9.21 Å². The topological polar surface area (TPSA) is 66.9 Å². The van der Waals surface area contributed by atoms with Crippen LogP contribution in [0.3, 0.4) is 0 Å². The first-order valence-corrected chi connectivity index (χ1v) is 11.4. The van der Waals surface area contributed by atoms with Crippen molar-refractivity contribution in [2.24, 2.45) is 0 Å². The number of fused-ring (bicyclic) bond motifs is 1. The molecule has 0 saturated carbocycles. The molecule has 0 aliphatic carbocycles. The second kappa shape index (κ2) is 7.26. The van der Waals surface area contributed by atoms with Crippen molar-refractivity contribution >= 4 is 27.7 Å². The monoisotopic (exact) mass is 414 g/mol. The molecule has 27 heavy (non-hydrogen) atoms. The zero-order valence-electron chi connectivity index (χ0n) is 16.3. The molecule has 1 saturated heterocycles. The minimum atomic E-state index is -3.25. The molecule has 0 aromatic heterocycles. The van der Waals surface area contributed by atoms with Gasteiger partial charge in [-0.2, -0.15) is 4.31 Å². The van der Waals surface area contributed by atoms with Crippen LogP contribution in [0.2, 0.25) is 5.02 Å². The fourth-order valence-electron chi connectivity index (χ4n) is 3.88. The van der Waals surface area contributed by atoms with Gasteiger partial charge in [0.1, 0.15) is 5.60 Å². The van der Waals surface area contributed by atoms with E-state index >= 15 is 0 Å². The van der Waals surface area contributed by atoms with Gasteiger partial charge in [-0.1, -0.05) is 11.6 Å². The van der Waals surface area contributed by atoms with Gasteiger partial charge in [0.15, 0.2) is 0 Å².